The Morgan fingerprint density at radius 1 is 1.46 bits per heavy atom. The highest BCUT2D eigenvalue weighted by Gasteiger charge is 2.51. The second-order valence-electron chi connectivity index (χ2n) is 7.47. The molecule has 0 aromatic rings. The Hall–Kier alpha value is -2.37. The highest BCUT2D eigenvalue weighted by Crippen LogP contribution is 2.42. The number of ketones is 1. The van der Waals surface area contributed by atoms with Gasteiger partial charge in [0.05, 0.1) is 11.8 Å². The quantitative estimate of drug-likeness (QED) is 0.569. The van der Waals surface area contributed by atoms with Crippen molar-refractivity contribution in [2.24, 2.45) is 11.8 Å². The van der Waals surface area contributed by atoms with E-state index in [0.29, 0.717) is 17.8 Å². The molecule has 3 aliphatic heterocycles. The monoisotopic (exact) mass is 360 g/mol. The fraction of sp³-hybridized carbons (Fsp3) is 0.550. The third-order valence-electron chi connectivity index (χ3n) is 5.46. The van der Waals surface area contributed by atoms with Gasteiger partial charge in [0.2, 0.25) is 5.78 Å². The highest BCUT2D eigenvalue weighted by molar-refractivity contribution is 6.00. The number of hydrogen-bond donors (Lipinski definition) is 0. The van der Waals surface area contributed by atoms with Crippen LogP contribution in [0.25, 0.3) is 0 Å². The molecule has 0 unspecified atom stereocenters. The van der Waals surface area contributed by atoms with E-state index in [1.165, 1.54) is 6.08 Å². The zero-order valence-corrected chi connectivity index (χ0v) is 15.5. The summed E-state index contributed by atoms with van der Waals surface area (Å²) in [6.07, 6.45) is 2.60. The Kier molecular flexibility index (Phi) is 4.54. The van der Waals surface area contributed by atoms with Crippen molar-refractivity contribution >= 4 is 17.7 Å². The zero-order chi connectivity index (χ0) is 19.2. The molecular weight excluding hydrogens is 336 g/mol. The molecule has 0 amide bonds. The second kappa shape index (κ2) is 6.41. The summed E-state index contributed by atoms with van der Waals surface area (Å²) in [6, 6.07) is 0. The van der Waals surface area contributed by atoms with E-state index in [-0.39, 0.29) is 29.7 Å². The number of carbonyl (C=O) groups is 3. The van der Waals surface area contributed by atoms with Gasteiger partial charge < -0.3 is 14.2 Å². The molecule has 3 heterocycles. The van der Waals surface area contributed by atoms with Crippen molar-refractivity contribution in [1.82, 2.24) is 0 Å². The number of fused-ring (bicyclic) bond motifs is 3. The van der Waals surface area contributed by atoms with Crippen LogP contribution < -0.4 is 0 Å². The standard InChI is InChI=1S/C20H24O6/c1-6-10(2)18(22)25-15-9-20(5)16(21)8-13(26-20)11(3)7-14-17(15)12(4)19(23)24-14/h7-8,10,14-15,17H,4,6,9H2,1-3,5H3/b11-7-/t10-,14-,15-,17+,20-/m1/s1. The Morgan fingerprint density at radius 2 is 2.15 bits per heavy atom. The van der Waals surface area contributed by atoms with E-state index in [0.717, 1.165) is 0 Å². The van der Waals surface area contributed by atoms with Gasteiger partial charge in [-0.1, -0.05) is 20.4 Å². The van der Waals surface area contributed by atoms with Crippen molar-refractivity contribution < 1.29 is 28.6 Å². The molecule has 0 N–H and O–H groups in total. The van der Waals surface area contributed by atoms with Crippen molar-refractivity contribution in [3.8, 4) is 0 Å². The van der Waals surface area contributed by atoms with Crippen molar-refractivity contribution in [3.63, 3.8) is 0 Å². The average molecular weight is 360 g/mol. The van der Waals surface area contributed by atoms with E-state index in [9.17, 15) is 14.4 Å². The SMILES string of the molecule is C=C1C(=O)O[C@@H]2/C=C(/C)C3=CC(=O)[C@@](C)(C[C@@H](OC(=O)[C@H](C)CC)[C@@H]12)O3. The summed E-state index contributed by atoms with van der Waals surface area (Å²) < 4.78 is 17.1. The minimum absolute atomic E-state index is 0.131. The van der Waals surface area contributed by atoms with E-state index < -0.39 is 29.7 Å². The summed E-state index contributed by atoms with van der Waals surface area (Å²) in [5, 5.41) is 0. The lowest BCUT2D eigenvalue weighted by Gasteiger charge is -2.32. The molecule has 26 heavy (non-hydrogen) atoms. The van der Waals surface area contributed by atoms with Crippen LogP contribution in [0.2, 0.25) is 0 Å². The summed E-state index contributed by atoms with van der Waals surface area (Å²) in [6.45, 7) is 11.0. The van der Waals surface area contributed by atoms with Crippen LogP contribution in [0.1, 0.15) is 40.5 Å². The van der Waals surface area contributed by atoms with Crippen LogP contribution in [0.3, 0.4) is 0 Å². The second-order valence-corrected chi connectivity index (χ2v) is 7.47. The summed E-state index contributed by atoms with van der Waals surface area (Å²) >= 11 is 0. The van der Waals surface area contributed by atoms with Crippen molar-refractivity contribution in [2.45, 2.75) is 58.3 Å². The van der Waals surface area contributed by atoms with Crippen LogP contribution in [-0.4, -0.2) is 35.5 Å². The van der Waals surface area contributed by atoms with Gasteiger partial charge in [0.25, 0.3) is 0 Å². The molecule has 0 aromatic carbocycles. The first-order chi connectivity index (χ1) is 12.2. The molecule has 0 aromatic heterocycles. The summed E-state index contributed by atoms with van der Waals surface area (Å²) in [5.41, 5.74) is -0.191. The van der Waals surface area contributed by atoms with Gasteiger partial charge in [-0.25, -0.2) is 4.79 Å². The van der Waals surface area contributed by atoms with Gasteiger partial charge in [0.15, 0.2) is 5.60 Å². The maximum absolute atomic E-state index is 12.5. The molecule has 0 saturated carbocycles. The molecule has 5 atom stereocenters. The van der Waals surface area contributed by atoms with Gasteiger partial charge in [0.1, 0.15) is 18.0 Å². The molecule has 1 fully saturated rings. The van der Waals surface area contributed by atoms with E-state index >= 15 is 0 Å². The summed E-state index contributed by atoms with van der Waals surface area (Å²) in [4.78, 5) is 37.0. The maximum atomic E-state index is 12.5. The Balaban J connectivity index is 2.03. The number of esters is 2. The zero-order valence-electron chi connectivity index (χ0n) is 15.5. The van der Waals surface area contributed by atoms with Crippen LogP contribution in [0, 0.1) is 11.8 Å². The van der Waals surface area contributed by atoms with Gasteiger partial charge in [-0.15, -0.1) is 0 Å². The number of allylic oxidation sites excluding steroid dienone is 1. The predicted octanol–water partition coefficient (Wildman–Crippen LogP) is 2.63. The molecule has 1 saturated heterocycles. The highest BCUT2D eigenvalue weighted by atomic mass is 16.6. The van der Waals surface area contributed by atoms with Crippen molar-refractivity contribution in [1.29, 1.82) is 0 Å². The normalized spacial score (nSPS) is 36.5. The first-order valence-electron chi connectivity index (χ1n) is 8.90. The molecule has 140 valence electrons. The average Bonchev–Trinajstić information content (AvgIpc) is 3.03. The van der Waals surface area contributed by atoms with E-state index in [2.05, 4.69) is 6.58 Å². The van der Waals surface area contributed by atoms with Crippen molar-refractivity contribution in [3.05, 3.63) is 35.6 Å². The van der Waals surface area contributed by atoms with E-state index in [1.807, 2.05) is 6.92 Å². The molecule has 2 bridgehead atoms. The van der Waals surface area contributed by atoms with Gasteiger partial charge >= 0.3 is 11.9 Å². The third kappa shape index (κ3) is 2.97. The smallest absolute Gasteiger partial charge is 0.334 e. The van der Waals surface area contributed by atoms with Crippen LogP contribution in [0.5, 0.6) is 0 Å². The van der Waals surface area contributed by atoms with E-state index in [1.54, 1.807) is 26.8 Å². The van der Waals surface area contributed by atoms with Gasteiger partial charge in [-0.2, -0.15) is 0 Å². The molecule has 6 nitrogen and oxygen atoms in total. The first-order valence-corrected chi connectivity index (χ1v) is 8.90. The fourth-order valence-electron chi connectivity index (χ4n) is 3.50. The topological polar surface area (TPSA) is 78.9 Å². The van der Waals surface area contributed by atoms with Gasteiger partial charge in [-0.3, -0.25) is 9.59 Å². The molecule has 0 radical (unpaired) electrons. The Morgan fingerprint density at radius 3 is 2.81 bits per heavy atom. The summed E-state index contributed by atoms with van der Waals surface area (Å²) in [5.74, 6) is -1.43. The fourth-order valence-corrected chi connectivity index (χ4v) is 3.50. The molecule has 3 aliphatic rings. The van der Waals surface area contributed by atoms with Crippen LogP contribution in [0.15, 0.2) is 35.6 Å². The van der Waals surface area contributed by atoms with Crippen molar-refractivity contribution in [2.75, 3.05) is 0 Å². The van der Waals surface area contributed by atoms with Gasteiger partial charge in [-0.05, 0) is 31.9 Å². The third-order valence-corrected chi connectivity index (χ3v) is 5.46. The number of ether oxygens (including phenoxy) is 3. The number of hydrogen-bond acceptors (Lipinski definition) is 6. The first kappa shape index (κ1) is 18.4. The lowest BCUT2D eigenvalue weighted by atomic mass is 9.82. The molecule has 0 spiro atoms. The van der Waals surface area contributed by atoms with Gasteiger partial charge in [0, 0.05) is 18.1 Å². The largest absolute Gasteiger partial charge is 0.479 e. The van der Waals surface area contributed by atoms with Crippen LogP contribution in [0.4, 0.5) is 0 Å². The predicted molar refractivity (Wildman–Crippen MR) is 92.8 cm³/mol. The minimum atomic E-state index is -1.15. The number of carbonyl (C=O) groups excluding carboxylic acids is 3. The lowest BCUT2D eigenvalue weighted by Crippen LogP contribution is -2.43. The maximum Gasteiger partial charge on any atom is 0.334 e. The molecular formula is C20H24O6. The van der Waals surface area contributed by atoms with Crippen LogP contribution >= 0.6 is 0 Å². The summed E-state index contributed by atoms with van der Waals surface area (Å²) in [7, 11) is 0. The number of rotatable bonds is 3. The Labute approximate surface area is 152 Å². The molecule has 3 rings (SSSR count). The Bertz CT molecular complexity index is 745. The molecule has 0 aliphatic carbocycles. The molecule has 6 heteroatoms. The van der Waals surface area contributed by atoms with E-state index in [4.69, 9.17) is 14.2 Å². The lowest BCUT2D eigenvalue weighted by molar-refractivity contribution is -0.161. The minimum Gasteiger partial charge on any atom is -0.479 e. The van der Waals surface area contributed by atoms with Crippen LogP contribution in [-0.2, 0) is 28.6 Å².